The van der Waals surface area contributed by atoms with Crippen molar-refractivity contribution in [2.45, 2.75) is 27.0 Å². The van der Waals surface area contributed by atoms with Crippen molar-refractivity contribution < 1.29 is 9.53 Å². The van der Waals surface area contributed by atoms with Crippen molar-refractivity contribution >= 4 is 17.4 Å². The van der Waals surface area contributed by atoms with Crippen molar-refractivity contribution in [3.8, 4) is 5.88 Å². The molecule has 20 heavy (non-hydrogen) atoms. The molecule has 0 amide bonds. The van der Waals surface area contributed by atoms with Crippen LogP contribution in [0.2, 0.25) is 5.15 Å². The summed E-state index contributed by atoms with van der Waals surface area (Å²) in [6.07, 6.45) is 1.85. The number of aromatic nitrogens is 4. The lowest BCUT2D eigenvalue weighted by molar-refractivity contribution is -0.138. The molecular weight excluding hydrogens is 280 g/mol. The minimum Gasteiger partial charge on any atom is -0.444 e. The van der Waals surface area contributed by atoms with Gasteiger partial charge in [-0.05, 0) is 6.07 Å². The molecule has 1 atom stereocenters. The van der Waals surface area contributed by atoms with Gasteiger partial charge in [-0.15, -0.1) is 0 Å². The average Bonchev–Trinajstić information content (AvgIpc) is 2.87. The van der Waals surface area contributed by atoms with E-state index in [1.165, 1.54) is 17.3 Å². The lowest BCUT2D eigenvalue weighted by Gasteiger charge is -2.24. The Bertz CT molecular complexity index is 593. The van der Waals surface area contributed by atoms with Crippen LogP contribution < -0.4 is 4.74 Å². The molecule has 0 unspecified atom stereocenters. The van der Waals surface area contributed by atoms with E-state index in [1.807, 2.05) is 20.8 Å². The van der Waals surface area contributed by atoms with Crippen molar-refractivity contribution in [1.82, 2.24) is 19.7 Å². The Morgan fingerprint density at radius 1 is 1.40 bits per heavy atom. The molecule has 0 bridgehead atoms. The highest BCUT2D eigenvalue weighted by atomic mass is 35.5. The van der Waals surface area contributed by atoms with Gasteiger partial charge in [-0.1, -0.05) is 38.4 Å². The highest BCUT2D eigenvalue weighted by Crippen LogP contribution is 2.25. The molecule has 0 radical (unpaired) electrons. The van der Waals surface area contributed by atoms with Gasteiger partial charge in [0.2, 0.25) is 11.7 Å². The summed E-state index contributed by atoms with van der Waals surface area (Å²) >= 11 is 5.81. The molecule has 2 aromatic heterocycles. The standard InChI is InChI=1S/C13H15ClN4O2/c1-13(2,3)11(19)12(18-8-15-7-16-18)20-10-6-4-5-9(14)17-10/h4-8,12H,1-3H3/t12-/m1/s1. The first-order valence-corrected chi connectivity index (χ1v) is 6.43. The van der Waals surface area contributed by atoms with Crippen LogP contribution in [0.1, 0.15) is 27.0 Å². The number of pyridine rings is 1. The molecule has 0 saturated carbocycles. The molecule has 0 spiro atoms. The van der Waals surface area contributed by atoms with E-state index in [0.29, 0.717) is 5.15 Å². The van der Waals surface area contributed by atoms with Gasteiger partial charge in [0.1, 0.15) is 17.8 Å². The predicted octanol–water partition coefficient (Wildman–Crippen LogP) is 2.52. The highest BCUT2D eigenvalue weighted by Gasteiger charge is 2.33. The molecule has 0 saturated heterocycles. The third-order valence-corrected chi connectivity index (χ3v) is 2.77. The van der Waals surface area contributed by atoms with E-state index in [4.69, 9.17) is 16.3 Å². The first kappa shape index (κ1) is 14.5. The van der Waals surface area contributed by atoms with Gasteiger partial charge < -0.3 is 4.74 Å². The molecule has 2 heterocycles. The fourth-order valence-corrected chi connectivity index (χ4v) is 1.66. The zero-order valence-corrected chi connectivity index (χ0v) is 12.2. The van der Waals surface area contributed by atoms with Gasteiger partial charge in [-0.2, -0.15) is 5.10 Å². The maximum atomic E-state index is 12.5. The summed E-state index contributed by atoms with van der Waals surface area (Å²) in [5.41, 5.74) is -0.588. The summed E-state index contributed by atoms with van der Waals surface area (Å²) in [4.78, 5) is 20.3. The minimum atomic E-state index is -0.927. The number of nitrogens with zero attached hydrogens (tertiary/aromatic N) is 4. The number of ketones is 1. The quantitative estimate of drug-likeness (QED) is 0.810. The normalized spacial score (nSPS) is 13.0. The number of ether oxygens (including phenoxy) is 1. The fraction of sp³-hybridized carbons (Fsp3) is 0.385. The van der Waals surface area contributed by atoms with Crippen LogP contribution in [0.4, 0.5) is 0 Å². The van der Waals surface area contributed by atoms with E-state index in [0.717, 1.165) is 0 Å². The summed E-state index contributed by atoms with van der Waals surface area (Å²) in [7, 11) is 0. The van der Waals surface area contributed by atoms with Gasteiger partial charge in [0.15, 0.2) is 0 Å². The van der Waals surface area contributed by atoms with Gasteiger partial charge in [0, 0.05) is 11.5 Å². The molecule has 0 aliphatic heterocycles. The van der Waals surface area contributed by atoms with E-state index >= 15 is 0 Å². The lowest BCUT2D eigenvalue weighted by atomic mass is 9.90. The molecule has 106 valence electrons. The Morgan fingerprint density at radius 2 is 2.15 bits per heavy atom. The Kier molecular flexibility index (Phi) is 4.04. The average molecular weight is 295 g/mol. The summed E-state index contributed by atoms with van der Waals surface area (Å²) in [5, 5.41) is 4.26. The van der Waals surface area contributed by atoms with E-state index in [9.17, 15) is 4.79 Å². The second-order valence-corrected chi connectivity index (χ2v) is 5.65. The minimum absolute atomic E-state index is 0.134. The predicted molar refractivity (Wildman–Crippen MR) is 73.4 cm³/mol. The van der Waals surface area contributed by atoms with Crippen LogP contribution in [0, 0.1) is 5.41 Å². The van der Waals surface area contributed by atoms with Crippen LogP contribution in [0.5, 0.6) is 5.88 Å². The van der Waals surface area contributed by atoms with Gasteiger partial charge >= 0.3 is 0 Å². The summed E-state index contributed by atoms with van der Waals surface area (Å²) in [5.74, 6) is 0.125. The van der Waals surface area contributed by atoms with Crippen molar-refractivity contribution in [3.05, 3.63) is 36.0 Å². The molecule has 7 heteroatoms. The lowest BCUT2D eigenvalue weighted by Crippen LogP contribution is -2.34. The van der Waals surface area contributed by atoms with Crippen molar-refractivity contribution in [3.63, 3.8) is 0 Å². The number of hydrogen-bond acceptors (Lipinski definition) is 5. The first-order chi connectivity index (χ1) is 9.38. The van der Waals surface area contributed by atoms with Crippen LogP contribution in [-0.2, 0) is 4.79 Å². The molecule has 0 fully saturated rings. The first-order valence-electron chi connectivity index (χ1n) is 6.05. The summed E-state index contributed by atoms with van der Waals surface area (Å²) in [6.45, 7) is 5.44. The Labute approximate surface area is 121 Å². The van der Waals surface area contributed by atoms with E-state index in [2.05, 4.69) is 15.1 Å². The van der Waals surface area contributed by atoms with Crippen molar-refractivity contribution in [1.29, 1.82) is 0 Å². The number of rotatable bonds is 4. The summed E-state index contributed by atoms with van der Waals surface area (Å²) in [6, 6.07) is 4.96. The number of carbonyl (C=O) groups is 1. The number of Topliss-reactive ketones (excluding diaryl/α,β-unsaturated/α-hetero) is 1. The van der Waals surface area contributed by atoms with Gasteiger partial charge in [-0.25, -0.2) is 14.6 Å². The third-order valence-electron chi connectivity index (χ3n) is 2.56. The van der Waals surface area contributed by atoms with Crippen LogP contribution in [-0.4, -0.2) is 25.5 Å². The van der Waals surface area contributed by atoms with Crippen LogP contribution in [0.15, 0.2) is 30.9 Å². The maximum absolute atomic E-state index is 12.5. The van der Waals surface area contributed by atoms with Crippen LogP contribution in [0.25, 0.3) is 0 Å². The van der Waals surface area contributed by atoms with E-state index in [1.54, 1.807) is 18.2 Å². The number of hydrogen-bond donors (Lipinski definition) is 0. The molecule has 2 aromatic rings. The fourth-order valence-electron chi connectivity index (χ4n) is 1.51. The Balaban J connectivity index is 2.31. The van der Waals surface area contributed by atoms with Gasteiger partial charge in [0.25, 0.3) is 6.23 Å². The smallest absolute Gasteiger partial charge is 0.253 e. The van der Waals surface area contributed by atoms with Crippen molar-refractivity contribution in [2.24, 2.45) is 5.41 Å². The van der Waals surface area contributed by atoms with E-state index in [-0.39, 0.29) is 11.7 Å². The summed E-state index contributed by atoms with van der Waals surface area (Å²) < 4.78 is 7.00. The van der Waals surface area contributed by atoms with E-state index < -0.39 is 11.6 Å². The molecule has 0 aromatic carbocycles. The molecule has 6 nitrogen and oxygen atoms in total. The molecule has 0 aliphatic carbocycles. The molecular formula is C13H15ClN4O2. The van der Waals surface area contributed by atoms with Crippen LogP contribution in [0.3, 0.4) is 0 Å². The van der Waals surface area contributed by atoms with Gasteiger partial charge in [0.05, 0.1) is 0 Å². The Hall–Kier alpha value is -1.95. The Morgan fingerprint density at radius 3 is 2.70 bits per heavy atom. The largest absolute Gasteiger partial charge is 0.444 e. The second-order valence-electron chi connectivity index (χ2n) is 5.26. The SMILES string of the molecule is CC(C)(C)C(=O)[C@@H](Oc1cccc(Cl)n1)n1cncn1. The van der Waals surface area contributed by atoms with Crippen LogP contribution >= 0.6 is 11.6 Å². The molecule has 0 aliphatic rings. The topological polar surface area (TPSA) is 69.9 Å². The zero-order chi connectivity index (χ0) is 14.8. The maximum Gasteiger partial charge on any atom is 0.253 e. The number of carbonyl (C=O) groups excluding carboxylic acids is 1. The molecule has 2 rings (SSSR count). The third kappa shape index (κ3) is 3.33. The zero-order valence-electron chi connectivity index (χ0n) is 11.4. The molecule has 0 N–H and O–H groups in total. The van der Waals surface area contributed by atoms with Gasteiger partial charge in [-0.3, -0.25) is 4.79 Å². The second kappa shape index (κ2) is 5.58. The highest BCUT2D eigenvalue weighted by molar-refractivity contribution is 6.29. The van der Waals surface area contributed by atoms with Crippen molar-refractivity contribution in [2.75, 3.05) is 0 Å². The monoisotopic (exact) mass is 294 g/mol. The number of halogens is 1.